The SMILES string of the molecule is COc1cc(-c2nc3ccc(Cl)cn3c2Nc2cccc(Cl)c2C)ccc1O. The van der Waals surface area contributed by atoms with Crippen LogP contribution >= 0.6 is 23.2 Å². The summed E-state index contributed by atoms with van der Waals surface area (Å²) in [6, 6.07) is 14.4. The first-order valence-electron chi connectivity index (χ1n) is 8.55. The van der Waals surface area contributed by atoms with E-state index in [-0.39, 0.29) is 5.75 Å². The molecule has 0 fully saturated rings. The highest BCUT2D eigenvalue weighted by atomic mass is 35.5. The third kappa shape index (κ3) is 3.23. The average molecular weight is 414 g/mol. The van der Waals surface area contributed by atoms with Gasteiger partial charge in [-0.1, -0.05) is 29.3 Å². The van der Waals surface area contributed by atoms with Gasteiger partial charge >= 0.3 is 0 Å². The van der Waals surface area contributed by atoms with E-state index in [0.29, 0.717) is 21.5 Å². The number of halogens is 2. The minimum atomic E-state index is 0.0678. The predicted molar refractivity (Wildman–Crippen MR) is 113 cm³/mol. The van der Waals surface area contributed by atoms with Crippen molar-refractivity contribution in [1.29, 1.82) is 0 Å². The third-order valence-corrected chi connectivity index (χ3v) is 5.19. The molecule has 4 rings (SSSR count). The number of aromatic nitrogens is 2. The Morgan fingerprint density at radius 2 is 1.93 bits per heavy atom. The van der Waals surface area contributed by atoms with Gasteiger partial charge in [-0.15, -0.1) is 0 Å². The summed E-state index contributed by atoms with van der Waals surface area (Å²) in [5.41, 5.74) is 4.00. The highest BCUT2D eigenvalue weighted by Crippen LogP contribution is 2.37. The molecule has 28 heavy (non-hydrogen) atoms. The number of ether oxygens (including phenoxy) is 1. The number of phenolic OH excluding ortho intramolecular Hbond substituents is 1. The number of anilines is 2. The molecule has 7 heteroatoms. The summed E-state index contributed by atoms with van der Waals surface area (Å²) < 4.78 is 7.14. The van der Waals surface area contributed by atoms with Crippen LogP contribution in [0.5, 0.6) is 11.5 Å². The lowest BCUT2D eigenvalue weighted by molar-refractivity contribution is 0.373. The summed E-state index contributed by atoms with van der Waals surface area (Å²) >= 11 is 12.5. The number of hydrogen-bond donors (Lipinski definition) is 2. The molecule has 0 aliphatic carbocycles. The van der Waals surface area contributed by atoms with Gasteiger partial charge in [-0.25, -0.2) is 4.98 Å². The zero-order valence-electron chi connectivity index (χ0n) is 15.2. The number of methoxy groups -OCH3 is 1. The second kappa shape index (κ2) is 7.26. The fourth-order valence-electron chi connectivity index (χ4n) is 3.03. The Labute approximate surface area is 172 Å². The first kappa shape index (κ1) is 18.5. The Bertz CT molecular complexity index is 1190. The van der Waals surface area contributed by atoms with Crippen LogP contribution in [0.1, 0.15) is 5.56 Å². The molecule has 4 aromatic rings. The molecule has 0 atom stereocenters. The molecule has 0 aliphatic heterocycles. The number of imidazole rings is 1. The zero-order valence-corrected chi connectivity index (χ0v) is 16.7. The van der Waals surface area contributed by atoms with Crippen LogP contribution in [0.15, 0.2) is 54.7 Å². The minimum Gasteiger partial charge on any atom is -0.504 e. The molecule has 0 unspecified atom stereocenters. The van der Waals surface area contributed by atoms with E-state index in [9.17, 15) is 5.11 Å². The summed E-state index contributed by atoms with van der Waals surface area (Å²) in [6.45, 7) is 1.95. The molecule has 0 amide bonds. The molecule has 0 spiro atoms. The van der Waals surface area contributed by atoms with E-state index in [1.165, 1.54) is 7.11 Å². The second-order valence-electron chi connectivity index (χ2n) is 6.31. The van der Waals surface area contributed by atoms with Gasteiger partial charge in [0.15, 0.2) is 11.5 Å². The smallest absolute Gasteiger partial charge is 0.161 e. The normalized spacial score (nSPS) is 11.0. The number of benzene rings is 2. The van der Waals surface area contributed by atoms with Gasteiger partial charge in [-0.2, -0.15) is 0 Å². The van der Waals surface area contributed by atoms with Crippen molar-refractivity contribution in [2.75, 3.05) is 12.4 Å². The Kier molecular flexibility index (Phi) is 4.79. The van der Waals surface area contributed by atoms with Crippen LogP contribution in [0.3, 0.4) is 0 Å². The van der Waals surface area contributed by atoms with Crippen LogP contribution in [0.25, 0.3) is 16.9 Å². The fraction of sp³-hybridized carbons (Fsp3) is 0.0952. The zero-order chi connectivity index (χ0) is 19.8. The standard InChI is InChI=1S/C21H17Cl2N3O2/c1-12-15(23)4-3-5-16(12)24-21-20(13-6-8-17(27)18(10-13)28-2)25-19-9-7-14(22)11-26(19)21/h3-11,24,27H,1-2H3. The Morgan fingerprint density at radius 3 is 2.71 bits per heavy atom. The van der Waals surface area contributed by atoms with Crippen LogP contribution in [0.4, 0.5) is 11.5 Å². The highest BCUT2D eigenvalue weighted by Gasteiger charge is 2.17. The van der Waals surface area contributed by atoms with Crippen LogP contribution in [0, 0.1) is 6.92 Å². The lowest BCUT2D eigenvalue weighted by atomic mass is 10.1. The van der Waals surface area contributed by atoms with E-state index in [2.05, 4.69) is 5.32 Å². The van der Waals surface area contributed by atoms with Crippen LogP contribution in [0.2, 0.25) is 10.0 Å². The monoisotopic (exact) mass is 413 g/mol. The van der Waals surface area contributed by atoms with Crippen molar-refractivity contribution >= 4 is 40.4 Å². The third-order valence-electron chi connectivity index (χ3n) is 4.56. The van der Waals surface area contributed by atoms with Crippen LogP contribution in [-0.2, 0) is 0 Å². The van der Waals surface area contributed by atoms with Crippen LogP contribution < -0.4 is 10.1 Å². The maximum absolute atomic E-state index is 9.93. The van der Waals surface area contributed by atoms with Gasteiger partial charge in [-0.05, 0) is 55.0 Å². The number of pyridine rings is 1. The summed E-state index contributed by atoms with van der Waals surface area (Å²) in [7, 11) is 1.51. The Morgan fingerprint density at radius 1 is 1.11 bits per heavy atom. The first-order valence-corrected chi connectivity index (χ1v) is 9.30. The quantitative estimate of drug-likeness (QED) is 0.425. The Balaban J connectivity index is 1.94. The van der Waals surface area contributed by atoms with Gasteiger partial charge in [0.05, 0.1) is 12.1 Å². The van der Waals surface area contributed by atoms with Crippen molar-refractivity contribution in [1.82, 2.24) is 9.38 Å². The molecule has 0 saturated heterocycles. The number of hydrogen-bond acceptors (Lipinski definition) is 4. The van der Waals surface area contributed by atoms with E-state index in [1.54, 1.807) is 30.5 Å². The topological polar surface area (TPSA) is 58.8 Å². The molecule has 2 aromatic carbocycles. The molecular weight excluding hydrogens is 397 g/mol. The second-order valence-corrected chi connectivity index (χ2v) is 7.15. The minimum absolute atomic E-state index is 0.0678. The van der Waals surface area contributed by atoms with Crippen molar-refractivity contribution in [3.05, 3.63) is 70.3 Å². The molecule has 0 aliphatic rings. The van der Waals surface area contributed by atoms with Crippen molar-refractivity contribution in [2.45, 2.75) is 6.92 Å². The molecule has 0 bridgehead atoms. The molecule has 5 nitrogen and oxygen atoms in total. The first-order chi connectivity index (χ1) is 13.5. The number of phenols is 1. The number of rotatable bonds is 4. The maximum atomic E-state index is 9.93. The molecule has 0 saturated carbocycles. The lowest BCUT2D eigenvalue weighted by Gasteiger charge is -2.13. The number of nitrogens with one attached hydrogen (secondary N) is 1. The molecular formula is C21H17Cl2N3O2. The number of nitrogens with zero attached hydrogens (tertiary/aromatic N) is 2. The van der Waals surface area contributed by atoms with E-state index in [1.807, 2.05) is 35.6 Å². The largest absolute Gasteiger partial charge is 0.504 e. The van der Waals surface area contributed by atoms with Gasteiger partial charge in [0.2, 0.25) is 0 Å². The summed E-state index contributed by atoms with van der Waals surface area (Å²) in [5, 5.41) is 14.6. The molecule has 2 N–H and O–H groups in total. The van der Waals surface area contributed by atoms with Crippen molar-refractivity contribution < 1.29 is 9.84 Å². The molecule has 2 heterocycles. The summed E-state index contributed by atoms with van der Waals surface area (Å²) in [5.74, 6) is 1.17. The number of fused-ring (bicyclic) bond motifs is 1. The van der Waals surface area contributed by atoms with Gasteiger partial charge in [0.25, 0.3) is 0 Å². The molecule has 2 aromatic heterocycles. The average Bonchev–Trinajstić information content (AvgIpc) is 3.03. The molecule has 142 valence electrons. The van der Waals surface area contributed by atoms with Crippen molar-refractivity contribution in [3.8, 4) is 22.8 Å². The van der Waals surface area contributed by atoms with E-state index < -0.39 is 0 Å². The molecule has 0 radical (unpaired) electrons. The van der Waals surface area contributed by atoms with Crippen molar-refractivity contribution in [3.63, 3.8) is 0 Å². The highest BCUT2D eigenvalue weighted by molar-refractivity contribution is 6.31. The van der Waals surface area contributed by atoms with Crippen molar-refractivity contribution in [2.24, 2.45) is 0 Å². The summed E-state index contributed by atoms with van der Waals surface area (Å²) in [4.78, 5) is 4.75. The van der Waals surface area contributed by atoms with Gasteiger partial charge in [-0.3, -0.25) is 4.40 Å². The summed E-state index contributed by atoms with van der Waals surface area (Å²) in [6.07, 6.45) is 1.80. The van der Waals surface area contributed by atoms with Crippen LogP contribution in [-0.4, -0.2) is 21.6 Å². The Hall–Kier alpha value is -2.89. The number of aromatic hydroxyl groups is 1. The van der Waals surface area contributed by atoms with E-state index in [4.69, 9.17) is 32.9 Å². The fourth-order valence-corrected chi connectivity index (χ4v) is 3.37. The predicted octanol–water partition coefficient (Wildman–Crippen LogP) is 6.07. The van der Waals surface area contributed by atoms with Gasteiger partial charge < -0.3 is 15.2 Å². The van der Waals surface area contributed by atoms with E-state index in [0.717, 1.165) is 28.3 Å². The lowest BCUT2D eigenvalue weighted by Crippen LogP contribution is -1.99. The van der Waals surface area contributed by atoms with Gasteiger partial charge in [0, 0.05) is 22.5 Å². The van der Waals surface area contributed by atoms with E-state index >= 15 is 0 Å². The maximum Gasteiger partial charge on any atom is 0.161 e. The van der Waals surface area contributed by atoms with Gasteiger partial charge in [0.1, 0.15) is 17.2 Å².